The number of carboxylic acid groups (broad SMARTS) is 3. The summed E-state index contributed by atoms with van der Waals surface area (Å²) in [6.45, 7) is -3.40. The van der Waals surface area contributed by atoms with Crippen molar-refractivity contribution >= 4 is 17.9 Å². The number of ether oxygens (including phenoxy) is 5. The molecule has 0 aliphatic carbocycles. The number of carbonyl (C=O) groups is 3. The van der Waals surface area contributed by atoms with Gasteiger partial charge in [0.1, 0.15) is 54.9 Å². The van der Waals surface area contributed by atoms with Crippen LogP contribution in [0.4, 0.5) is 0 Å². The molecule has 3 aliphatic heterocycles. The lowest BCUT2D eigenvalue weighted by molar-refractivity contribution is -0.372. The number of carboxylic acids is 3. The zero-order chi connectivity index (χ0) is 34.9. The van der Waals surface area contributed by atoms with E-state index in [9.17, 15) is 85.9 Å². The highest BCUT2D eigenvalue weighted by Crippen LogP contribution is 2.39. The van der Waals surface area contributed by atoms with Crippen LogP contribution in [0.5, 0.6) is 0 Å². The quantitative estimate of drug-likeness (QED) is 0.0859. The van der Waals surface area contributed by atoms with Crippen molar-refractivity contribution in [1.29, 1.82) is 0 Å². The summed E-state index contributed by atoms with van der Waals surface area (Å²) in [5, 5.41) is 141. The molecule has 0 radical (unpaired) electrons. The normalized spacial score (nSPS) is 43.8. The molecule has 0 aromatic rings. The first-order valence-electron chi connectivity index (χ1n) is 13.7. The number of hydrogen-bond acceptors (Lipinski definition) is 19. The molecule has 0 aromatic heterocycles. The van der Waals surface area contributed by atoms with E-state index in [1.807, 2.05) is 0 Å². The van der Waals surface area contributed by atoms with Gasteiger partial charge in [-0.15, -0.1) is 0 Å². The fraction of sp³-hybridized carbons (Fsp3) is 0.875. The molecule has 0 aromatic carbocycles. The third-order valence-corrected chi connectivity index (χ3v) is 7.92. The van der Waals surface area contributed by atoms with E-state index in [0.717, 1.165) is 0 Å². The fourth-order valence-electron chi connectivity index (χ4n) is 5.34. The van der Waals surface area contributed by atoms with Crippen LogP contribution in [0.25, 0.3) is 0 Å². The molecular weight excluding hydrogens is 640 g/mol. The van der Waals surface area contributed by atoms with Crippen molar-refractivity contribution in [3.8, 4) is 0 Å². The van der Waals surface area contributed by atoms with Gasteiger partial charge in [0, 0.05) is 19.3 Å². The summed E-state index contributed by atoms with van der Waals surface area (Å²) < 4.78 is 25.9. The van der Waals surface area contributed by atoms with Crippen molar-refractivity contribution in [3.63, 3.8) is 0 Å². The molecule has 22 nitrogen and oxygen atoms in total. The molecule has 3 heterocycles. The van der Waals surface area contributed by atoms with E-state index in [4.69, 9.17) is 23.7 Å². The molecule has 0 unspecified atom stereocenters. The van der Waals surface area contributed by atoms with Gasteiger partial charge in [-0.05, 0) is 0 Å². The maximum absolute atomic E-state index is 12.5. The molecule has 0 saturated carbocycles. The Kier molecular flexibility index (Phi) is 12.0. The fourth-order valence-corrected chi connectivity index (χ4v) is 5.34. The van der Waals surface area contributed by atoms with Gasteiger partial charge in [-0.1, -0.05) is 0 Å². The van der Waals surface area contributed by atoms with Crippen LogP contribution in [-0.2, 0) is 38.1 Å². The molecule has 3 aliphatic rings. The second-order valence-electron chi connectivity index (χ2n) is 11.2. The molecule has 22 heteroatoms. The van der Waals surface area contributed by atoms with Crippen LogP contribution in [0.3, 0.4) is 0 Å². The van der Waals surface area contributed by atoms with Gasteiger partial charge in [-0.2, -0.15) is 0 Å². The Balaban J connectivity index is 1.88. The van der Waals surface area contributed by atoms with Gasteiger partial charge in [0.05, 0.1) is 38.1 Å². The van der Waals surface area contributed by atoms with Gasteiger partial charge in [-0.3, -0.25) is 0 Å². The Morgan fingerprint density at radius 2 is 1.09 bits per heavy atom. The van der Waals surface area contributed by atoms with Gasteiger partial charge in [0.25, 0.3) is 17.4 Å². The zero-order valence-corrected chi connectivity index (χ0v) is 23.7. The van der Waals surface area contributed by atoms with Crippen molar-refractivity contribution < 1.29 is 110 Å². The Bertz CT molecular complexity index is 1090. The predicted molar refractivity (Wildman–Crippen MR) is 135 cm³/mol. The average Bonchev–Trinajstić information content (AvgIpc) is 2.99. The predicted octanol–water partition coefficient (Wildman–Crippen LogP) is -8.04. The molecule has 3 fully saturated rings. The molecule has 3 saturated heterocycles. The molecular formula is C24H38O22. The number of aliphatic hydroxyl groups is 11. The van der Waals surface area contributed by atoms with Crippen molar-refractivity contribution in [2.24, 2.45) is 0 Å². The minimum Gasteiger partial charge on any atom is -0.477 e. The summed E-state index contributed by atoms with van der Waals surface area (Å²) in [6.07, 6.45) is -28.1. The van der Waals surface area contributed by atoms with Gasteiger partial charge in [0.2, 0.25) is 0 Å². The molecule has 0 bridgehead atoms. The number of hydrogen-bond donors (Lipinski definition) is 14. The van der Waals surface area contributed by atoms with Crippen molar-refractivity contribution in [2.75, 3.05) is 19.8 Å². The van der Waals surface area contributed by atoms with Crippen LogP contribution in [0.2, 0.25) is 0 Å². The van der Waals surface area contributed by atoms with Crippen molar-refractivity contribution in [1.82, 2.24) is 0 Å². The molecule has 0 spiro atoms. The maximum atomic E-state index is 12.5. The summed E-state index contributed by atoms with van der Waals surface area (Å²) in [7, 11) is 0. The smallest absolute Gasteiger partial charge is 0.364 e. The van der Waals surface area contributed by atoms with E-state index >= 15 is 0 Å². The second-order valence-corrected chi connectivity index (χ2v) is 11.2. The minimum absolute atomic E-state index is 1.00. The Labute approximate surface area is 257 Å². The number of rotatable bonds is 13. The van der Waals surface area contributed by atoms with Crippen molar-refractivity contribution in [2.45, 2.75) is 110 Å². The summed E-state index contributed by atoms with van der Waals surface area (Å²) in [5.74, 6) is -15.4. The molecule has 3 rings (SSSR count). The summed E-state index contributed by atoms with van der Waals surface area (Å²) in [4.78, 5) is 36.3. The second kappa shape index (κ2) is 14.5. The third-order valence-electron chi connectivity index (χ3n) is 7.92. The van der Waals surface area contributed by atoms with E-state index in [1.165, 1.54) is 0 Å². The van der Waals surface area contributed by atoms with Crippen LogP contribution in [0.1, 0.15) is 19.3 Å². The van der Waals surface area contributed by atoms with E-state index in [-0.39, 0.29) is 0 Å². The topological polar surface area (TPSA) is 381 Å². The van der Waals surface area contributed by atoms with Crippen LogP contribution in [-0.4, -0.2) is 200 Å². The van der Waals surface area contributed by atoms with Crippen molar-refractivity contribution in [3.05, 3.63) is 0 Å². The van der Waals surface area contributed by atoms with Gasteiger partial charge < -0.3 is 95.2 Å². The zero-order valence-electron chi connectivity index (χ0n) is 23.7. The lowest BCUT2D eigenvalue weighted by Crippen LogP contribution is -2.67. The lowest BCUT2D eigenvalue weighted by atomic mass is 9.90. The largest absolute Gasteiger partial charge is 0.477 e. The standard InChI is InChI=1S/C24H38O22/c25-4-9(29)16-13(32)7(27)1-23(45-16,20(37)38)42-6-11(31)18-14(33)8(28)2-24(46-18,21(39)40)43-12-3-22(41,19(35)36)44-17(15(12)34)10(30)5-26/h7-18,25-34,41H,1-6H2,(H,35,36)(H,37,38)(H,39,40)/t7-,8-,9-,10-,11-,12-,13-,14-,15-,16-,17-,18-,22-,23+,24-/m1/s1. The third kappa shape index (κ3) is 7.41. The molecule has 46 heavy (non-hydrogen) atoms. The van der Waals surface area contributed by atoms with Crippen LogP contribution < -0.4 is 0 Å². The molecule has 266 valence electrons. The maximum Gasteiger partial charge on any atom is 0.364 e. The summed E-state index contributed by atoms with van der Waals surface area (Å²) in [6, 6.07) is 0. The highest BCUT2D eigenvalue weighted by atomic mass is 16.8. The first-order chi connectivity index (χ1) is 21.3. The Morgan fingerprint density at radius 1 is 0.652 bits per heavy atom. The van der Waals surface area contributed by atoms with Gasteiger partial charge in [-0.25, -0.2) is 14.4 Å². The van der Waals surface area contributed by atoms with E-state index in [2.05, 4.69) is 0 Å². The summed E-state index contributed by atoms with van der Waals surface area (Å²) in [5.41, 5.74) is 0. The van der Waals surface area contributed by atoms with E-state index < -0.39 is 148 Å². The van der Waals surface area contributed by atoms with E-state index in [0.29, 0.717) is 0 Å². The Hall–Kier alpha value is -2.23. The number of aliphatic hydroxyl groups excluding tert-OH is 10. The molecule has 15 atom stereocenters. The molecule has 14 N–H and O–H groups in total. The first kappa shape index (κ1) is 38.2. The average molecular weight is 679 g/mol. The lowest BCUT2D eigenvalue weighted by Gasteiger charge is -2.49. The van der Waals surface area contributed by atoms with Crippen LogP contribution >= 0.6 is 0 Å². The van der Waals surface area contributed by atoms with Gasteiger partial charge >= 0.3 is 17.9 Å². The van der Waals surface area contributed by atoms with Gasteiger partial charge in [0.15, 0.2) is 0 Å². The number of aliphatic carboxylic acids is 3. The minimum atomic E-state index is -3.21. The highest BCUT2D eigenvalue weighted by Gasteiger charge is 2.61. The molecule has 0 amide bonds. The Morgan fingerprint density at radius 3 is 1.54 bits per heavy atom. The van der Waals surface area contributed by atoms with Crippen LogP contribution in [0.15, 0.2) is 0 Å². The SMILES string of the molecule is O=C(O)[C@]1(OC[C@@H](O)[C@H]2O[C@@](O[C@@H]3C[C@](O)(C(=O)O)O[C@H]([C@H](O)CO)[C@@H]3O)(C(=O)O)C[C@@H](O)[C@H]2O)C[C@@H](O)[C@@H](O)[C@@H]([C@H](O)CO)O1. The van der Waals surface area contributed by atoms with Crippen LogP contribution in [0, 0.1) is 0 Å². The summed E-state index contributed by atoms with van der Waals surface area (Å²) >= 11 is 0. The van der Waals surface area contributed by atoms with E-state index in [1.54, 1.807) is 0 Å². The highest BCUT2D eigenvalue weighted by molar-refractivity contribution is 5.77. The first-order valence-corrected chi connectivity index (χ1v) is 13.7. The monoisotopic (exact) mass is 678 g/mol.